The van der Waals surface area contributed by atoms with Crippen molar-refractivity contribution in [2.45, 2.75) is 28.7 Å². The van der Waals surface area contributed by atoms with E-state index in [1.54, 1.807) is 18.3 Å². The maximum Gasteiger partial charge on any atom is 0.252 e. The van der Waals surface area contributed by atoms with Gasteiger partial charge in [0.2, 0.25) is 0 Å². The van der Waals surface area contributed by atoms with Crippen molar-refractivity contribution in [3.8, 4) is 0 Å². The second kappa shape index (κ2) is 5.70. The number of carbonyl (C=O) groups excluding carboxylic acids is 1. The summed E-state index contributed by atoms with van der Waals surface area (Å²) in [6, 6.07) is 10.6. The average Bonchev–Trinajstić information content (AvgIpc) is 3.23. The van der Waals surface area contributed by atoms with Crippen LogP contribution in [0.2, 0.25) is 0 Å². The number of H-pyrrole nitrogens is 1. The van der Waals surface area contributed by atoms with Gasteiger partial charge in [0.05, 0.1) is 22.2 Å². The molecule has 0 aliphatic heterocycles. The van der Waals surface area contributed by atoms with Crippen molar-refractivity contribution in [2.24, 2.45) is 0 Å². The van der Waals surface area contributed by atoms with Crippen LogP contribution in [0.5, 0.6) is 0 Å². The van der Waals surface area contributed by atoms with Crippen LogP contribution in [-0.4, -0.2) is 22.1 Å². The fourth-order valence-electron chi connectivity index (χ4n) is 2.38. The van der Waals surface area contributed by atoms with E-state index in [4.69, 9.17) is 0 Å². The number of rotatable bonds is 4. The summed E-state index contributed by atoms with van der Waals surface area (Å²) < 4.78 is 14.3. The van der Waals surface area contributed by atoms with E-state index in [9.17, 15) is 9.18 Å². The van der Waals surface area contributed by atoms with Gasteiger partial charge in [0.25, 0.3) is 5.91 Å². The van der Waals surface area contributed by atoms with Crippen LogP contribution in [0.4, 0.5) is 4.39 Å². The maximum atomic E-state index is 14.3. The summed E-state index contributed by atoms with van der Waals surface area (Å²) in [5.74, 6) is -0.597. The lowest BCUT2D eigenvalue weighted by atomic mass is 10.2. The Balaban J connectivity index is 1.67. The number of aromatic amines is 1. The fourth-order valence-corrected chi connectivity index (χ4v) is 3.36. The van der Waals surface area contributed by atoms with Crippen molar-refractivity contribution in [1.29, 1.82) is 0 Å². The van der Waals surface area contributed by atoms with Gasteiger partial charge in [-0.2, -0.15) is 5.10 Å². The molecule has 0 radical (unpaired) electrons. The van der Waals surface area contributed by atoms with Gasteiger partial charge in [0.15, 0.2) is 0 Å². The molecule has 1 aromatic heterocycles. The normalized spacial score (nSPS) is 14.1. The van der Waals surface area contributed by atoms with Gasteiger partial charge in [-0.1, -0.05) is 23.9 Å². The summed E-state index contributed by atoms with van der Waals surface area (Å²) in [7, 11) is 0. The Bertz CT molecular complexity index is 888. The molecule has 1 heterocycles. The van der Waals surface area contributed by atoms with Crippen LogP contribution in [0, 0.1) is 5.82 Å². The third kappa shape index (κ3) is 2.94. The van der Waals surface area contributed by atoms with E-state index in [0.29, 0.717) is 10.5 Å². The molecule has 0 saturated heterocycles. The third-order valence-corrected chi connectivity index (χ3v) is 4.87. The number of amides is 1. The summed E-state index contributed by atoms with van der Waals surface area (Å²) in [5.41, 5.74) is 1.27. The van der Waals surface area contributed by atoms with Gasteiger partial charge >= 0.3 is 0 Å². The summed E-state index contributed by atoms with van der Waals surface area (Å²) in [6.07, 6.45) is 3.74. The molecular formula is C17H14FN3OS. The monoisotopic (exact) mass is 327 g/mol. The van der Waals surface area contributed by atoms with Gasteiger partial charge < -0.3 is 5.32 Å². The van der Waals surface area contributed by atoms with Crippen LogP contribution in [-0.2, 0) is 0 Å². The predicted octanol–water partition coefficient (Wildman–Crippen LogP) is 3.75. The van der Waals surface area contributed by atoms with Gasteiger partial charge in [0, 0.05) is 16.3 Å². The SMILES string of the molecule is O=C(NC1CC1)c1cccc(F)c1Sc1ccc2cn[nH]c2c1. The van der Waals surface area contributed by atoms with Gasteiger partial charge in [0.1, 0.15) is 5.82 Å². The number of fused-ring (bicyclic) bond motifs is 1. The largest absolute Gasteiger partial charge is 0.349 e. The quantitative estimate of drug-likeness (QED) is 0.767. The molecule has 0 spiro atoms. The van der Waals surface area contributed by atoms with E-state index in [1.165, 1.54) is 17.8 Å². The lowest BCUT2D eigenvalue weighted by molar-refractivity contribution is 0.0947. The predicted molar refractivity (Wildman–Crippen MR) is 87.1 cm³/mol. The molecule has 116 valence electrons. The van der Waals surface area contributed by atoms with E-state index in [2.05, 4.69) is 15.5 Å². The number of aromatic nitrogens is 2. The average molecular weight is 327 g/mol. The summed E-state index contributed by atoms with van der Waals surface area (Å²) in [6.45, 7) is 0. The first-order chi connectivity index (χ1) is 11.2. The first-order valence-corrected chi connectivity index (χ1v) is 8.23. The molecule has 2 N–H and O–H groups in total. The van der Waals surface area contributed by atoms with Crippen LogP contribution in [0.3, 0.4) is 0 Å². The van der Waals surface area contributed by atoms with Gasteiger partial charge in [-0.25, -0.2) is 4.39 Å². The second-order valence-electron chi connectivity index (χ2n) is 5.59. The molecule has 4 rings (SSSR count). The molecule has 6 heteroatoms. The Morgan fingerprint density at radius 3 is 3.00 bits per heavy atom. The van der Waals surface area contributed by atoms with Crippen molar-refractivity contribution in [2.75, 3.05) is 0 Å². The zero-order valence-corrected chi connectivity index (χ0v) is 13.0. The molecule has 0 unspecified atom stereocenters. The Morgan fingerprint density at radius 2 is 2.17 bits per heavy atom. The van der Waals surface area contributed by atoms with E-state index in [-0.39, 0.29) is 17.8 Å². The number of carbonyl (C=O) groups is 1. The number of nitrogens with zero attached hydrogens (tertiary/aromatic N) is 1. The first kappa shape index (κ1) is 14.3. The number of hydrogen-bond donors (Lipinski definition) is 2. The Kier molecular flexibility index (Phi) is 3.53. The molecule has 0 bridgehead atoms. The van der Waals surface area contributed by atoms with Crippen molar-refractivity contribution >= 4 is 28.6 Å². The molecule has 23 heavy (non-hydrogen) atoms. The van der Waals surface area contributed by atoms with Crippen LogP contribution in [0.15, 0.2) is 52.4 Å². The molecule has 1 saturated carbocycles. The minimum Gasteiger partial charge on any atom is -0.349 e. The topological polar surface area (TPSA) is 57.8 Å². The maximum absolute atomic E-state index is 14.3. The van der Waals surface area contributed by atoms with E-state index >= 15 is 0 Å². The van der Waals surface area contributed by atoms with Crippen molar-refractivity contribution in [3.63, 3.8) is 0 Å². The summed E-state index contributed by atoms with van der Waals surface area (Å²) in [5, 5.41) is 10.8. The minimum atomic E-state index is -0.386. The van der Waals surface area contributed by atoms with Crippen molar-refractivity contribution in [1.82, 2.24) is 15.5 Å². The molecule has 1 aliphatic rings. The lowest BCUT2D eigenvalue weighted by Gasteiger charge is -2.10. The van der Waals surface area contributed by atoms with Crippen molar-refractivity contribution in [3.05, 3.63) is 54.0 Å². The standard InChI is InChI=1S/C17H14FN3OS/c18-14-3-1-2-13(17(22)20-11-5-6-11)16(14)23-12-7-4-10-9-19-21-15(10)8-12/h1-4,7-9,11H,5-6H2,(H,19,21)(H,20,22). The molecule has 0 atom stereocenters. The minimum absolute atomic E-state index is 0.211. The molecule has 3 aromatic rings. The summed E-state index contributed by atoms with van der Waals surface area (Å²) >= 11 is 1.25. The zero-order valence-electron chi connectivity index (χ0n) is 12.2. The van der Waals surface area contributed by atoms with Gasteiger partial charge in [-0.3, -0.25) is 9.89 Å². The number of benzene rings is 2. The van der Waals surface area contributed by atoms with Crippen LogP contribution < -0.4 is 5.32 Å². The first-order valence-electron chi connectivity index (χ1n) is 7.41. The molecule has 2 aromatic carbocycles. The highest BCUT2D eigenvalue weighted by Gasteiger charge is 2.25. The molecule has 1 fully saturated rings. The highest BCUT2D eigenvalue weighted by atomic mass is 32.2. The molecule has 1 aliphatic carbocycles. The van der Waals surface area contributed by atoms with Crippen LogP contribution in [0.1, 0.15) is 23.2 Å². The Hall–Kier alpha value is -2.34. The fraction of sp³-hybridized carbons (Fsp3) is 0.176. The Labute approximate surface area is 136 Å². The smallest absolute Gasteiger partial charge is 0.252 e. The van der Waals surface area contributed by atoms with Gasteiger partial charge in [-0.05, 0) is 37.1 Å². The highest BCUT2D eigenvalue weighted by molar-refractivity contribution is 7.99. The van der Waals surface area contributed by atoms with Gasteiger partial charge in [-0.15, -0.1) is 0 Å². The van der Waals surface area contributed by atoms with Crippen molar-refractivity contribution < 1.29 is 9.18 Å². The number of halogens is 1. The van der Waals surface area contributed by atoms with Crippen LogP contribution in [0.25, 0.3) is 10.9 Å². The zero-order chi connectivity index (χ0) is 15.8. The number of hydrogen-bond acceptors (Lipinski definition) is 3. The molecule has 1 amide bonds. The lowest BCUT2D eigenvalue weighted by Crippen LogP contribution is -2.26. The Morgan fingerprint density at radius 1 is 1.30 bits per heavy atom. The van der Waals surface area contributed by atoms with E-state index in [1.807, 2.05) is 18.2 Å². The summed E-state index contributed by atoms with van der Waals surface area (Å²) in [4.78, 5) is 13.5. The number of nitrogens with one attached hydrogen (secondary N) is 2. The third-order valence-electron chi connectivity index (χ3n) is 3.76. The molecule has 4 nitrogen and oxygen atoms in total. The second-order valence-corrected chi connectivity index (χ2v) is 6.67. The van der Waals surface area contributed by atoms with E-state index in [0.717, 1.165) is 28.6 Å². The van der Waals surface area contributed by atoms with E-state index < -0.39 is 0 Å². The molecular weight excluding hydrogens is 313 g/mol. The highest BCUT2D eigenvalue weighted by Crippen LogP contribution is 2.34. The van der Waals surface area contributed by atoms with Crippen LogP contribution >= 0.6 is 11.8 Å².